The minimum atomic E-state index is -0.314. The van der Waals surface area contributed by atoms with Crippen molar-refractivity contribution in [1.82, 2.24) is 9.80 Å². The van der Waals surface area contributed by atoms with Crippen LogP contribution in [0.5, 0.6) is 0 Å². The normalized spacial score (nSPS) is 16.7. The number of imide groups is 1. The molecule has 0 saturated carbocycles. The van der Waals surface area contributed by atoms with Crippen molar-refractivity contribution >= 4 is 28.8 Å². The smallest absolute Gasteiger partial charge is 0.263 e. The molecule has 1 fully saturated rings. The van der Waals surface area contributed by atoms with Crippen molar-refractivity contribution in [1.29, 1.82) is 0 Å². The second-order valence-electron chi connectivity index (χ2n) is 8.18. The highest BCUT2D eigenvalue weighted by Crippen LogP contribution is 2.32. The van der Waals surface area contributed by atoms with E-state index in [2.05, 4.69) is 27.3 Å². The van der Waals surface area contributed by atoms with E-state index in [-0.39, 0.29) is 24.2 Å². The Bertz CT molecular complexity index is 1140. The van der Waals surface area contributed by atoms with Gasteiger partial charge >= 0.3 is 0 Å². The molecule has 3 aromatic rings. The number of amides is 2. The van der Waals surface area contributed by atoms with Gasteiger partial charge in [0, 0.05) is 44.1 Å². The van der Waals surface area contributed by atoms with Crippen LogP contribution in [0.1, 0.15) is 31.2 Å². The number of carbonyl (C=O) groups is 2. The van der Waals surface area contributed by atoms with E-state index in [0.717, 1.165) is 44.0 Å². The fraction of sp³-hybridized carbons (Fsp3) is 0.280. The number of thiophene rings is 1. The van der Waals surface area contributed by atoms with Crippen LogP contribution in [0.2, 0.25) is 0 Å². The van der Waals surface area contributed by atoms with E-state index in [0.29, 0.717) is 17.5 Å². The van der Waals surface area contributed by atoms with E-state index in [4.69, 9.17) is 0 Å². The van der Waals surface area contributed by atoms with Crippen molar-refractivity contribution < 1.29 is 14.0 Å². The molecule has 32 heavy (non-hydrogen) atoms. The lowest BCUT2D eigenvalue weighted by molar-refractivity contribution is 0.0656. The third kappa shape index (κ3) is 4.06. The molecule has 0 spiro atoms. The van der Waals surface area contributed by atoms with E-state index >= 15 is 0 Å². The molecule has 0 unspecified atom stereocenters. The molecule has 7 heteroatoms. The van der Waals surface area contributed by atoms with Gasteiger partial charge < -0.3 is 4.90 Å². The maximum absolute atomic E-state index is 13.5. The van der Waals surface area contributed by atoms with E-state index < -0.39 is 0 Å². The maximum atomic E-state index is 13.5. The van der Waals surface area contributed by atoms with Crippen molar-refractivity contribution in [2.45, 2.75) is 13.0 Å². The first-order valence-corrected chi connectivity index (χ1v) is 11.7. The van der Waals surface area contributed by atoms with Crippen LogP contribution in [-0.2, 0) is 13.0 Å². The number of anilines is 1. The Morgan fingerprint density at radius 3 is 2.47 bits per heavy atom. The fourth-order valence-corrected chi connectivity index (χ4v) is 5.23. The Morgan fingerprint density at radius 2 is 1.72 bits per heavy atom. The molecule has 164 valence electrons. The highest BCUT2D eigenvalue weighted by molar-refractivity contribution is 7.09. The maximum Gasteiger partial charge on any atom is 0.263 e. The topological polar surface area (TPSA) is 43.9 Å². The Morgan fingerprint density at radius 1 is 0.906 bits per heavy atom. The first-order valence-electron chi connectivity index (χ1n) is 10.8. The van der Waals surface area contributed by atoms with Gasteiger partial charge in [0.2, 0.25) is 0 Å². The number of carbonyl (C=O) groups excluding carboxylic acids is 2. The average molecular weight is 450 g/mol. The molecule has 0 radical (unpaired) electrons. The van der Waals surface area contributed by atoms with Crippen LogP contribution in [0, 0.1) is 5.82 Å². The van der Waals surface area contributed by atoms with E-state index in [1.165, 1.54) is 21.9 Å². The standard InChI is InChI=1S/C25H24FN3O2S/c26-19-5-1-4-18(16-19)9-10-29-24(30)21-7-2-8-22(23(21)25(29)31)28-13-11-27(12-14-28)17-20-6-3-15-32-20/h1-8,15-16H,9-14,17H2. The van der Waals surface area contributed by atoms with Crippen molar-refractivity contribution in [3.8, 4) is 0 Å². The van der Waals surface area contributed by atoms with Gasteiger partial charge in [0.25, 0.3) is 11.8 Å². The van der Waals surface area contributed by atoms with Crippen LogP contribution < -0.4 is 4.90 Å². The SMILES string of the molecule is O=C1c2cccc(N3CCN(Cc4cccs4)CC3)c2C(=O)N1CCc1cccc(F)c1. The molecule has 0 aliphatic carbocycles. The van der Waals surface area contributed by atoms with Gasteiger partial charge in [0.05, 0.1) is 16.8 Å². The average Bonchev–Trinajstić information content (AvgIpc) is 3.40. The van der Waals surface area contributed by atoms with Crippen LogP contribution in [0.15, 0.2) is 60.0 Å². The molecule has 0 atom stereocenters. The zero-order valence-corrected chi connectivity index (χ0v) is 18.5. The van der Waals surface area contributed by atoms with Gasteiger partial charge in [-0.15, -0.1) is 11.3 Å². The summed E-state index contributed by atoms with van der Waals surface area (Å²) in [7, 11) is 0. The summed E-state index contributed by atoms with van der Waals surface area (Å²) in [5.74, 6) is -0.831. The number of benzene rings is 2. The molecule has 2 amide bonds. The van der Waals surface area contributed by atoms with Gasteiger partial charge in [-0.3, -0.25) is 19.4 Å². The van der Waals surface area contributed by atoms with Crippen molar-refractivity contribution in [2.24, 2.45) is 0 Å². The van der Waals surface area contributed by atoms with E-state index in [9.17, 15) is 14.0 Å². The predicted molar refractivity (Wildman–Crippen MR) is 124 cm³/mol. The van der Waals surface area contributed by atoms with Gasteiger partial charge in [-0.05, 0) is 47.7 Å². The molecular formula is C25H24FN3O2S. The zero-order chi connectivity index (χ0) is 22.1. The van der Waals surface area contributed by atoms with Crippen LogP contribution in [0.3, 0.4) is 0 Å². The second kappa shape index (κ2) is 8.84. The summed E-state index contributed by atoms with van der Waals surface area (Å²) in [5.41, 5.74) is 2.57. The summed E-state index contributed by atoms with van der Waals surface area (Å²) in [5, 5.41) is 2.10. The summed E-state index contributed by atoms with van der Waals surface area (Å²) in [6.07, 6.45) is 0.431. The molecule has 2 aliphatic rings. The van der Waals surface area contributed by atoms with Crippen molar-refractivity contribution in [3.05, 3.63) is 87.4 Å². The molecule has 0 bridgehead atoms. The highest BCUT2D eigenvalue weighted by Gasteiger charge is 2.38. The van der Waals surface area contributed by atoms with Crippen LogP contribution in [0.25, 0.3) is 0 Å². The second-order valence-corrected chi connectivity index (χ2v) is 9.22. The monoisotopic (exact) mass is 449 g/mol. The molecule has 1 aromatic heterocycles. The number of piperazine rings is 1. The summed E-state index contributed by atoms with van der Waals surface area (Å²) in [6, 6.07) is 16.0. The predicted octanol–water partition coefficient (Wildman–Crippen LogP) is 4.05. The molecule has 2 aliphatic heterocycles. The molecule has 0 N–H and O–H groups in total. The van der Waals surface area contributed by atoms with E-state index in [1.807, 2.05) is 18.2 Å². The van der Waals surface area contributed by atoms with Crippen molar-refractivity contribution in [2.75, 3.05) is 37.6 Å². The van der Waals surface area contributed by atoms with Gasteiger partial charge in [0.1, 0.15) is 5.82 Å². The quantitative estimate of drug-likeness (QED) is 0.533. The summed E-state index contributed by atoms with van der Waals surface area (Å²) < 4.78 is 13.5. The van der Waals surface area contributed by atoms with Crippen LogP contribution in [0.4, 0.5) is 10.1 Å². The van der Waals surface area contributed by atoms with Crippen LogP contribution in [-0.4, -0.2) is 54.3 Å². The number of hydrogen-bond donors (Lipinski definition) is 0. The van der Waals surface area contributed by atoms with Crippen LogP contribution >= 0.6 is 11.3 Å². The minimum Gasteiger partial charge on any atom is -0.368 e. The summed E-state index contributed by atoms with van der Waals surface area (Å²) in [6.45, 7) is 4.63. The molecule has 5 rings (SSSR count). The molecular weight excluding hydrogens is 425 g/mol. The first-order chi connectivity index (χ1) is 15.6. The van der Waals surface area contributed by atoms with Gasteiger partial charge in [-0.25, -0.2) is 4.39 Å². The van der Waals surface area contributed by atoms with E-state index in [1.54, 1.807) is 23.5 Å². The Labute approximate surface area is 190 Å². The van der Waals surface area contributed by atoms with Gasteiger partial charge in [0.15, 0.2) is 0 Å². The zero-order valence-electron chi connectivity index (χ0n) is 17.7. The molecule has 2 aromatic carbocycles. The number of halogens is 1. The number of rotatable bonds is 6. The van der Waals surface area contributed by atoms with Gasteiger partial charge in [-0.2, -0.15) is 0 Å². The lowest BCUT2D eigenvalue weighted by atomic mass is 10.1. The Kier molecular flexibility index (Phi) is 5.76. The third-order valence-electron chi connectivity index (χ3n) is 6.16. The number of hydrogen-bond acceptors (Lipinski definition) is 5. The highest BCUT2D eigenvalue weighted by atomic mass is 32.1. The van der Waals surface area contributed by atoms with Crippen molar-refractivity contribution in [3.63, 3.8) is 0 Å². The largest absolute Gasteiger partial charge is 0.368 e. The number of fused-ring (bicyclic) bond motifs is 1. The molecule has 3 heterocycles. The molecule has 1 saturated heterocycles. The summed E-state index contributed by atoms with van der Waals surface area (Å²) >= 11 is 1.77. The lowest BCUT2D eigenvalue weighted by Crippen LogP contribution is -2.46. The third-order valence-corrected chi connectivity index (χ3v) is 7.02. The fourth-order valence-electron chi connectivity index (χ4n) is 4.49. The molecule has 5 nitrogen and oxygen atoms in total. The lowest BCUT2D eigenvalue weighted by Gasteiger charge is -2.36. The summed E-state index contributed by atoms with van der Waals surface area (Å²) in [4.78, 5) is 33.5. The number of nitrogens with zero attached hydrogens (tertiary/aromatic N) is 3. The Balaban J connectivity index is 1.29. The Hall–Kier alpha value is -3.03. The van der Waals surface area contributed by atoms with Gasteiger partial charge in [-0.1, -0.05) is 24.3 Å². The minimum absolute atomic E-state index is 0.240. The first kappa shape index (κ1) is 20.8.